The number of primary sulfonamides is 1. The van der Waals surface area contributed by atoms with Crippen LogP contribution in [-0.4, -0.2) is 51.5 Å². The second-order valence-electron chi connectivity index (χ2n) is 9.82. The fourth-order valence-corrected chi connectivity index (χ4v) is 4.85. The van der Waals surface area contributed by atoms with Crippen molar-refractivity contribution in [2.45, 2.75) is 62.9 Å². The van der Waals surface area contributed by atoms with Crippen molar-refractivity contribution in [3.63, 3.8) is 0 Å². The minimum Gasteiger partial charge on any atom is -0.463 e. The Labute approximate surface area is 224 Å². The number of ether oxygens (including phenoxy) is 4. The Morgan fingerprint density at radius 1 is 1.13 bits per heavy atom. The Hall–Kier alpha value is -3.10. The van der Waals surface area contributed by atoms with Crippen LogP contribution in [0, 0.1) is 11.8 Å². The van der Waals surface area contributed by atoms with E-state index in [-0.39, 0.29) is 23.7 Å². The normalized spacial score (nSPS) is 18.2. The standard InChI is InChI=1S/C28H34N2O7S/c1-28(2)35-20-23-18-22(12-13-25(23)37-28)26-19-30(27(31)36-26)14-5-3-4-6-15-34-16-8-10-21-9-7-11-24(17-21)38(29,32)33/h7,9,11-13,17-18,26H,3-6,14-16,19-20H2,1-2H3,(H2,29,32,33)/t26-/m0/s1. The molecule has 1 fully saturated rings. The Morgan fingerprint density at radius 3 is 2.76 bits per heavy atom. The topological polar surface area (TPSA) is 117 Å². The fourth-order valence-electron chi connectivity index (χ4n) is 4.29. The molecule has 0 saturated carbocycles. The molecule has 0 bridgehead atoms. The van der Waals surface area contributed by atoms with Crippen LogP contribution in [-0.2, 0) is 30.8 Å². The predicted octanol–water partition coefficient (Wildman–Crippen LogP) is 4.10. The van der Waals surface area contributed by atoms with Gasteiger partial charge < -0.3 is 23.8 Å². The maximum Gasteiger partial charge on any atom is 0.410 e. The molecule has 1 atom stereocenters. The van der Waals surface area contributed by atoms with Gasteiger partial charge in [-0.15, -0.1) is 0 Å². The summed E-state index contributed by atoms with van der Waals surface area (Å²) in [5.41, 5.74) is 2.48. The fraction of sp³-hybridized carbons (Fsp3) is 0.464. The molecule has 2 heterocycles. The summed E-state index contributed by atoms with van der Waals surface area (Å²) in [5, 5.41) is 5.14. The monoisotopic (exact) mass is 542 g/mol. The first-order chi connectivity index (χ1) is 18.1. The van der Waals surface area contributed by atoms with Crippen LogP contribution in [0.4, 0.5) is 4.79 Å². The number of benzene rings is 2. The number of carbonyl (C=O) groups is 1. The summed E-state index contributed by atoms with van der Waals surface area (Å²) >= 11 is 0. The summed E-state index contributed by atoms with van der Waals surface area (Å²) in [6.45, 7) is 6.27. The second-order valence-corrected chi connectivity index (χ2v) is 11.4. The van der Waals surface area contributed by atoms with Crippen LogP contribution in [0.5, 0.6) is 5.75 Å². The van der Waals surface area contributed by atoms with E-state index in [2.05, 4.69) is 11.8 Å². The van der Waals surface area contributed by atoms with E-state index in [1.807, 2.05) is 32.0 Å². The van der Waals surface area contributed by atoms with Gasteiger partial charge in [-0.2, -0.15) is 0 Å². The van der Waals surface area contributed by atoms with Gasteiger partial charge in [-0.05, 0) is 48.7 Å². The molecule has 0 spiro atoms. The maximum atomic E-state index is 12.4. The van der Waals surface area contributed by atoms with Crippen molar-refractivity contribution in [2.24, 2.45) is 5.14 Å². The van der Waals surface area contributed by atoms with Crippen LogP contribution in [0.15, 0.2) is 47.4 Å². The average molecular weight is 543 g/mol. The average Bonchev–Trinajstić information content (AvgIpc) is 3.24. The Balaban J connectivity index is 1.10. The maximum absolute atomic E-state index is 12.4. The molecule has 1 saturated heterocycles. The summed E-state index contributed by atoms with van der Waals surface area (Å²) in [7, 11) is -3.74. The lowest BCUT2D eigenvalue weighted by atomic mass is 10.0. The molecule has 0 aromatic heterocycles. The number of hydrogen-bond donors (Lipinski definition) is 1. The summed E-state index contributed by atoms with van der Waals surface area (Å²) in [6, 6.07) is 12.1. The predicted molar refractivity (Wildman–Crippen MR) is 141 cm³/mol. The van der Waals surface area contributed by atoms with E-state index in [1.165, 1.54) is 12.1 Å². The van der Waals surface area contributed by atoms with E-state index in [0.29, 0.717) is 31.9 Å². The van der Waals surface area contributed by atoms with Gasteiger partial charge in [0.25, 0.3) is 0 Å². The molecule has 10 heteroatoms. The second kappa shape index (κ2) is 12.2. The number of unbranched alkanes of at least 4 members (excludes halogenated alkanes) is 3. The van der Waals surface area contributed by atoms with Crippen molar-refractivity contribution in [1.82, 2.24) is 4.90 Å². The molecule has 4 rings (SSSR count). The quantitative estimate of drug-likeness (QED) is 0.355. The number of carbonyl (C=O) groups excluding carboxylic acids is 1. The van der Waals surface area contributed by atoms with Crippen molar-refractivity contribution >= 4 is 16.1 Å². The van der Waals surface area contributed by atoms with Gasteiger partial charge in [-0.25, -0.2) is 18.4 Å². The molecule has 38 heavy (non-hydrogen) atoms. The van der Waals surface area contributed by atoms with Crippen molar-refractivity contribution in [3.8, 4) is 17.6 Å². The van der Waals surface area contributed by atoms with Crippen molar-refractivity contribution in [3.05, 3.63) is 59.2 Å². The lowest BCUT2D eigenvalue weighted by molar-refractivity contribution is -0.180. The Kier molecular flexibility index (Phi) is 8.95. The largest absolute Gasteiger partial charge is 0.463 e. The zero-order valence-electron chi connectivity index (χ0n) is 21.8. The van der Waals surface area contributed by atoms with Gasteiger partial charge in [0.15, 0.2) is 0 Å². The van der Waals surface area contributed by atoms with Gasteiger partial charge in [-0.1, -0.05) is 36.8 Å². The molecule has 2 aliphatic heterocycles. The zero-order valence-corrected chi connectivity index (χ0v) is 22.6. The zero-order chi connectivity index (χ0) is 27.2. The number of fused-ring (bicyclic) bond motifs is 1. The third-order valence-corrected chi connectivity index (χ3v) is 7.22. The number of hydrogen-bond acceptors (Lipinski definition) is 7. The highest BCUT2D eigenvalue weighted by Crippen LogP contribution is 2.35. The van der Waals surface area contributed by atoms with Crippen LogP contribution in [0.3, 0.4) is 0 Å². The van der Waals surface area contributed by atoms with E-state index >= 15 is 0 Å². The highest BCUT2D eigenvalue weighted by Gasteiger charge is 2.33. The van der Waals surface area contributed by atoms with E-state index in [0.717, 1.165) is 42.6 Å². The molecule has 1 amide bonds. The minimum atomic E-state index is -3.74. The molecule has 0 aliphatic carbocycles. The van der Waals surface area contributed by atoms with Crippen molar-refractivity contribution in [1.29, 1.82) is 0 Å². The van der Waals surface area contributed by atoms with Crippen LogP contribution in [0.2, 0.25) is 0 Å². The van der Waals surface area contributed by atoms with Crippen LogP contribution in [0.25, 0.3) is 0 Å². The van der Waals surface area contributed by atoms with E-state index in [1.54, 1.807) is 17.0 Å². The molecular weight excluding hydrogens is 508 g/mol. The summed E-state index contributed by atoms with van der Waals surface area (Å²) in [4.78, 5) is 14.2. The Morgan fingerprint density at radius 2 is 1.95 bits per heavy atom. The summed E-state index contributed by atoms with van der Waals surface area (Å²) in [6.07, 6.45) is 3.18. The van der Waals surface area contributed by atoms with E-state index < -0.39 is 15.8 Å². The first-order valence-corrected chi connectivity index (χ1v) is 14.3. The SMILES string of the molecule is CC1(C)OCc2cc([C@@H]3CN(CCCCCCOCC#Cc4cccc(S(N)(=O)=O)c4)C(=O)O3)ccc2O1. The van der Waals surface area contributed by atoms with Gasteiger partial charge in [0.2, 0.25) is 15.8 Å². The highest BCUT2D eigenvalue weighted by atomic mass is 32.2. The van der Waals surface area contributed by atoms with E-state index in [4.69, 9.17) is 24.1 Å². The molecule has 2 N–H and O–H groups in total. The molecule has 2 aromatic carbocycles. The van der Waals surface area contributed by atoms with Crippen molar-refractivity contribution in [2.75, 3.05) is 26.3 Å². The highest BCUT2D eigenvalue weighted by molar-refractivity contribution is 7.89. The number of sulfonamides is 1. The third-order valence-electron chi connectivity index (χ3n) is 6.31. The first-order valence-electron chi connectivity index (χ1n) is 12.7. The molecule has 2 aromatic rings. The van der Waals surface area contributed by atoms with Gasteiger partial charge in [0, 0.05) is 38.1 Å². The molecule has 9 nitrogen and oxygen atoms in total. The molecule has 0 radical (unpaired) electrons. The van der Waals surface area contributed by atoms with E-state index in [9.17, 15) is 13.2 Å². The number of nitrogens with two attached hydrogens (primary N) is 1. The van der Waals surface area contributed by atoms with Crippen LogP contribution in [0.1, 0.15) is 62.3 Å². The number of nitrogens with zero attached hydrogens (tertiary/aromatic N) is 1. The number of rotatable bonds is 10. The lowest BCUT2D eigenvalue weighted by Gasteiger charge is -2.32. The van der Waals surface area contributed by atoms with Crippen molar-refractivity contribution < 1.29 is 32.2 Å². The summed E-state index contributed by atoms with van der Waals surface area (Å²) < 4.78 is 45.5. The minimum absolute atomic E-state index is 0.0379. The number of amides is 1. The lowest BCUT2D eigenvalue weighted by Crippen LogP contribution is -2.35. The number of cyclic esters (lactones) is 1. The van der Waals surface area contributed by atoms with Crippen LogP contribution >= 0.6 is 0 Å². The van der Waals surface area contributed by atoms with Gasteiger partial charge in [-0.3, -0.25) is 0 Å². The first kappa shape index (κ1) is 27.9. The third kappa shape index (κ3) is 7.71. The molecular formula is C28H34N2O7S. The molecule has 0 unspecified atom stereocenters. The summed E-state index contributed by atoms with van der Waals surface area (Å²) in [5.74, 6) is 5.93. The van der Waals surface area contributed by atoms with Gasteiger partial charge >= 0.3 is 6.09 Å². The molecule has 204 valence electrons. The molecule has 2 aliphatic rings. The Bertz CT molecular complexity index is 1310. The van der Waals surface area contributed by atoms with Crippen LogP contribution < -0.4 is 9.88 Å². The smallest absolute Gasteiger partial charge is 0.410 e. The van der Waals surface area contributed by atoms with Gasteiger partial charge in [0.05, 0.1) is 18.0 Å². The van der Waals surface area contributed by atoms with Gasteiger partial charge in [0.1, 0.15) is 18.5 Å².